The third-order valence-corrected chi connectivity index (χ3v) is 3.41. The number of urea groups is 1. The Morgan fingerprint density at radius 3 is 2.60 bits per heavy atom. The fourth-order valence-corrected chi connectivity index (χ4v) is 2.04. The maximum absolute atomic E-state index is 12.0. The summed E-state index contributed by atoms with van der Waals surface area (Å²) in [6, 6.07) is 5.15. The van der Waals surface area contributed by atoms with Crippen molar-refractivity contribution in [1.82, 2.24) is 9.80 Å². The van der Waals surface area contributed by atoms with Crippen LogP contribution in [0.4, 0.5) is 10.5 Å². The highest BCUT2D eigenvalue weighted by Gasteiger charge is 2.34. The lowest BCUT2D eigenvalue weighted by atomic mass is 10.1. The van der Waals surface area contributed by atoms with Crippen molar-refractivity contribution in [2.24, 2.45) is 0 Å². The molecule has 6 nitrogen and oxygen atoms in total. The predicted octanol–water partition coefficient (Wildman–Crippen LogP) is 1.14. The molecule has 1 N–H and O–H groups in total. The van der Waals surface area contributed by atoms with Gasteiger partial charge in [-0.1, -0.05) is 12.1 Å². The zero-order valence-corrected chi connectivity index (χ0v) is 11.8. The summed E-state index contributed by atoms with van der Waals surface area (Å²) in [5.74, 6) is -0.732. The van der Waals surface area contributed by atoms with Crippen molar-refractivity contribution >= 4 is 23.5 Å². The molecule has 1 aromatic rings. The van der Waals surface area contributed by atoms with Crippen molar-refractivity contribution in [3.8, 4) is 0 Å². The number of nitrogens with one attached hydrogen (secondary N) is 1. The number of likely N-dealkylation sites (N-methyl/N-ethyl adjacent to an activating group) is 1. The molecular weight excluding hydrogens is 258 g/mol. The number of imide groups is 1. The summed E-state index contributed by atoms with van der Waals surface area (Å²) < 4.78 is 0. The Bertz CT molecular complexity index is 583. The molecule has 2 rings (SSSR count). The molecule has 6 heteroatoms. The quantitative estimate of drug-likeness (QED) is 0.841. The Hall–Kier alpha value is -2.37. The van der Waals surface area contributed by atoms with E-state index in [9.17, 15) is 14.4 Å². The van der Waals surface area contributed by atoms with E-state index in [4.69, 9.17) is 0 Å². The molecule has 1 aliphatic rings. The Morgan fingerprint density at radius 1 is 1.30 bits per heavy atom. The van der Waals surface area contributed by atoms with E-state index < -0.39 is 6.03 Å². The molecule has 1 fully saturated rings. The molecule has 0 spiro atoms. The van der Waals surface area contributed by atoms with Gasteiger partial charge in [-0.2, -0.15) is 0 Å². The molecule has 0 aromatic heterocycles. The highest BCUT2D eigenvalue weighted by Crippen LogP contribution is 2.18. The maximum atomic E-state index is 12.0. The van der Waals surface area contributed by atoms with E-state index >= 15 is 0 Å². The Kier molecular flexibility index (Phi) is 3.74. The van der Waals surface area contributed by atoms with Crippen LogP contribution in [0.2, 0.25) is 0 Å². The Morgan fingerprint density at radius 2 is 2.00 bits per heavy atom. The summed E-state index contributed by atoms with van der Waals surface area (Å²) in [5.41, 5.74) is 2.73. The monoisotopic (exact) mass is 275 g/mol. The minimum Gasteiger partial charge on any atom is -0.324 e. The van der Waals surface area contributed by atoms with Crippen LogP contribution >= 0.6 is 0 Å². The molecular formula is C14H17N3O3. The number of carbonyl (C=O) groups is 3. The van der Waals surface area contributed by atoms with Gasteiger partial charge in [0.2, 0.25) is 5.91 Å². The lowest BCUT2D eigenvalue weighted by Gasteiger charge is -2.15. The molecule has 4 amide bonds. The van der Waals surface area contributed by atoms with Gasteiger partial charge >= 0.3 is 6.03 Å². The third-order valence-electron chi connectivity index (χ3n) is 3.41. The van der Waals surface area contributed by atoms with E-state index in [1.165, 1.54) is 11.9 Å². The predicted molar refractivity (Wildman–Crippen MR) is 74.3 cm³/mol. The minimum atomic E-state index is -0.439. The average molecular weight is 275 g/mol. The fourth-order valence-electron chi connectivity index (χ4n) is 2.04. The van der Waals surface area contributed by atoms with Crippen molar-refractivity contribution in [2.75, 3.05) is 25.5 Å². The van der Waals surface area contributed by atoms with Crippen LogP contribution in [-0.2, 0) is 9.59 Å². The number of aryl methyl sites for hydroxylation is 1. The maximum Gasteiger partial charge on any atom is 0.327 e. The third kappa shape index (κ3) is 2.64. The van der Waals surface area contributed by atoms with Crippen LogP contribution in [0.5, 0.6) is 0 Å². The lowest BCUT2D eigenvalue weighted by Crippen LogP contribution is -2.38. The largest absolute Gasteiger partial charge is 0.327 e. The van der Waals surface area contributed by atoms with E-state index in [0.717, 1.165) is 16.0 Å². The van der Waals surface area contributed by atoms with Gasteiger partial charge in [0.1, 0.15) is 13.1 Å². The standard InChI is InChI=1S/C14H17N3O3/c1-9-5-4-6-11(10(9)2)15-12(18)7-17-13(19)8-16(3)14(17)20/h4-6H,7-8H2,1-3H3,(H,15,18). The molecule has 0 saturated carbocycles. The second-order valence-corrected chi connectivity index (χ2v) is 4.91. The van der Waals surface area contributed by atoms with Gasteiger partial charge in [0, 0.05) is 12.7 Å². The Balaban J connectivity index is 2.05. The molecule has 1 aromatic carbocycles. The average Bonchev–Trinajstić information content (AvgIpc) is 2.62. The summed E-state index contributed by atoms with van der Waals surface area (Å²) in [6.45, 7) is 3.63. The SMILES string of the molecule is Cc1cccc(NC(=O)CN2C(=O)CN(C)C2=O)c1C. The first-order chi connectivity index (χ1) is 9.40. The molecule has 0 radical (unpaired) electrons. The van der Waals surface area contributed by atoms with Crippen molar-refractivity contribution in [1.29, 1.82) is 0 Å². The number of rotatable bonds is 3. The first kappa shape index (κ1) is 14.0. The van der Waals surface area contributed by atoms with Gasteiger partial charge in [-0.25, -0.2) is 4.79 Å². The number of benzene rings is 1. The smallest absolute Gasteiger partial charge is 0.324 e. The number of hydrogen-bond acceptors (Lipinski definition) is 3. The van der Waals surface area contributed by atoms with Crippen LogP contribution in [0.15, 0.2) is 18.2 Å². The van der Waals surface area contributed by atoms with E-state index in [1.54, 1.807) is 6.07 Å². The van der Waals surface area contributed by atoms with E-state index in [2.05, 4.69) is 5.32 Å². The summed E-state index contributed by atoms with van der Waals surface area (Å²) in [7, 11) is 1.53. The topological polar surface area (TPSA) is 69.7 Å². The van der Waals surface area contributed by atoms with Gasteiger partial charge in [-0.05, 0) is 31.0 Å². The summed E-state index contributed by atoms with van der Waals surface area (Å²) in [5, 5.41) is 2.73. The number of carbonyl (C=O) groups excluding carboxylic acids is 3. The minimum absolute atomic E-state index is 0.0234. The van der Waals surface area contributed by atoms with Gasteiger partial charge in [0.05, 0.1) is 0 Å². The zero-order valence-electron chi connectivity index (χ0n) is 11.8. The van der Waals surface area contributed by atoms with Crippen LogP contribution in [0, 0.1) is 13.8 Å². The van der Waals surface area contributed by atoms with Crippen molar-refractivity contribution in [2.45, 2.75) is 13.8 Å². The molecule has 0 aliphatic carbocycles. The van der Waals surface area contributed by atoms with E-state index in [1.807, 2.05) is 26.0 Å². The van der Waals surface area contributed by atoms with Gasteiger partial charge in [-0.3, -0.25) is 14.5 Å². The Labute approximate surface area is 117 Å². The second kappa shape index (κ2) is 5.32. The first-order valence-corrected chi connectivity index (χ1v) is 6.31. The van der Waals surface area contributed by atoms with Crippen LogP contribution in [0.3, 0.4) is 0 Å². The van der Waals surface area contributed by atoms with E-state index in [0.29, 0.717) is 5.69 Å². The van der Waals surface area contributed by atoms with E-state index in [-0.39, 0.29) is 24.9 Å². The molecule has 1 saturated heterocycles. The summed E-state index contributed by atoms with van der Waals surface area (Å²) in [6.07, 6.45) is 0. The van der Waals surface area contributed by atoms with Crippen LogP contribution in [0.1, 0.15) is 11.1 Å². The van der Waals surface area contributed by atoms with Crippen LogP contribution in [0.25, 0.3) is 0 Å². The van der Waals surface area contributed by atoms with Crippen molar-refractivity contribution < 1.29 is 14.4 Å². The number of hydrogen-bond donors (Lipinski definition) is 1. The molecule has 20 heavy (non-hydrogen) atoms. The summed E-state index contributed by atoms with van der Waals surface area (Å²) in [4.78, 5) is 37.5. The molecule has 1 heterocycles. The summed E-state index contributed by atoms with van der Waals surface area (Å²) >= 11 is 0. The van der Waals surface area contributed by atoms with Crippen molar-refractivity contribution in [3.05, 3.63) is 29.3 Å². The van der Waals surface area contributed by atoms with Crippen LogP contribution in [-0.4, -0.2) is 47.8 Å². The number of anilines is 1. The molecule has 1 aliphatic heterocycles. The molecule has 106 valence electrons. The van der Waals surface area contributed by atoms with Gasteiger partial charge in [0.25, 0.3) is 5.91 Å². The highest BCUT2D eigenvalue weighted by molar-refractivity contribution is 6.06. The molecule has 0 unspecified atom stereocenters. The molecule has 0 bridgehead atoms. The van der Waals surface area contributed by atoms with Gasteiger partial charge in [-0.15, -0.1) is 0 Å². The van der Waals surface area contributed by atoms with Gasteiger partial charge < -0.3 is 10.2 Å². The van der Waals surface area contributed by atoms with Crippen LogP contribution < -0.4 is 5.32 Å². The fraction of sp³-hybridized carbons (Fsp3) is 0.357. The zero-order chi connectivity index (χ0) is 14.9. The van der Waals surface area contributed by atoms with Gasteiger partial charge in [0.15, 0.2) is 0 Å². The normalized spacial score (nSPS) is 14.9. The second-order valence-electron chi connectivity index (χ2n) is 4.91. The lowest BCUT2D eigenvalue weighted by molar-refractivity contribution is -0.129. The number of nitrogens with zero attached hydrogens (tertiary/aromatic N) is 2. The number of amides is 4. The van der Waals surface area contributed by atoms with Crippen molar-refractivity contribution in [3.63, 3.8) is 0 Å². The highest BCUT2D eigenvalue weighted by atomic mass is 16.2. The molecule has 0 atom stereocenters. The first-order valence-electron chi connectivity index (χ1n) is 6.31.